The minimum absolute atomic E-state index is 0.165. The molecular formula is C19H20N2O2. The third kappa shape index (κ3) is 3.11. The molecule has 0 saturated carbocycles. The van der Waals surface area contributed by atoms with Gasteiger partial charge in [0, 0.05) is 5.69 Å². The van der Waals surface area contributed by atoms with Crippen molar-refractivity contribution in [2.75, 3.05) is 10.2 Å². The number of carbonyl (C=O) groups excluding carboxylic acids is 2. The van der Waals surface area contributed by atoms with Gasteiger partial charge >= 0.3 is 0 Å². The maximum absolute atomic E-state index is 12.6. The van der Waals surface area contributed by atoms with Crippen LogP contribution < -0.4 is 10.2 Å². The fourth-order valence-corrected chi connectivity index (χ4v) is 2.75. The van der Waals surface area contributed by atoms with E-state index in [0.717, 1.165) is 17.7 Å². The van der Waals surface area contributed by atoms with Crippen LogP contribution >= 0.6 is 0 Å². The van der Waals surface area contributed by atoms with Crippen LogP contribution in [0.3, 0.4) is 0 Å². The summed E-state index contributed by atoms with van der Waals surface area (Å²) in [6.45, 7) is 4.07. The Bertz CT molecular complexity index is 720. The van der Waals surface area contributed by atoms with Crippen LogP contribution in [0.15, 0.2) is 48.5 Å². The highest BCUT2D eigenvalue weighted by Crippen LogP contribution is 2.25. The zero-order valence-corrected chi connectivity index (χ0v) is 13.4. The normalized spacial score (nSPS) is 17.7. The number of benzene rings is 2. The second-order valence-electron chi connectivity index (χ2n) is 5.85. The van der Waals surface area contributed by atoms with E-state index in [1.807, 2.05) is 55.5 Å². The third-order valence-electron chi connectivity index (χ3n) is 4.14. The summed E-state index contributed by atoms with van der Waals surface area (Å²) < 4.78 is 0. The fourth-order valence-electron chi connectivity index (χ4n) is 2.75. The van der Waals surface area contributed by atoms with Gasteiger partial charge in [-0.2, -0.15) is 0 Å². The second-order valence-corrected chi connectivity index (χ2v) is 5.85. The maximum Gasteiger partial charge on any atom is 0.256 e. The number of nitrogens with zero attached hydrogens (tertiary/aromatic N) is 1. The van der Waals surface area contributed by atoms with Gasteiger partial charge in [-0.1, -0.05) is 36.8 Å². The summed E-state index contributed by atoms with van der Waals surface area (Å²) in [5.74, 6) is -0.361. The molecular weight excluding hydrogens is 288 g/mol. The van der Waals surface area contributed by atoms with Crippen LogP contribution in [0.4, 0.5) is 11.4 Å². The summed E-state index contributed by atoms with van der Waals surface area (Å²) in [6.07, 6.45) is 1.16. The molecule has 0 aliphatic carbocycles. The van der Waals surface area contributed by atoms with E-state index in [1.54, 1.807) is 0 Å². The molecule has 0 radical (unpaired) electrons. The number of anilines is 2. The molecule has 1 aliphatic heterocycles. The largest absolute Gasteiger partial charge is 0.373 e. The molecule has 0 spiro atoms. The van der Waals surface area contributed by atoms with Crippen molar-refractivity contribution in [1.82, 2.24) is 0 Å². The molecule has 4 heteroatoms. The molecule has 1 aliphatic rings. The number of nitrogens with one attached hydrogen (secondary N) is 1. The minimum atomic E-state index is -0.503. The predicted octanol–water partition coefficient (Wildman–Crippen LogP) is 3.30. The SMILES string of the molecule is CCc1ccc(N[C@H]2CC(=O)N(c3ccc(C)cc3)C2=O)cc1. The lowest BCUT2D eigenvalue weighted by Gasteiger charge is -2.16. The van der Waals surface area contributed by atoms with Gasteiger partial charge < -0.3 is 5.32 Å². The molecule has 23 heavy (non-hydrogen) atoms. The molecule has 0 unspecified atom stereocenters. The summed E-state index contributed by atoms with van der Waals surface area (Å²) in [6, 6.07) is 14.9. The predicted molar refractivity (Wildman–Crippen MR) is 91.5 cm³/mol. The molecule has 1 N–H and O–H groups in total. The molecule has 4 nitrogen and oxygen atoms in total. The molecule has 2 aromatic rings. The lowest BCUT2D eigenvalue weighted by Crippen LogP contribution is -2.34. The first-order valence-corrected chi connectivity index (χ1v) is 7.87. The van der Waals surface area contributed by atoms with E-state index in [1.165, 1.54) is 10.5 Å². The number of imide groups is 1. The Morgan fingerprint density at radius 3 is 2.30 bits per heavy atom. The van der Waals surface area contributed by atoms with Crippen molar-refractivity contribution in [3.05, 3.63) is 59.7 Å². The first kappa shape index (κ1) is 15.3. The van der Waals surface area contributed by atoms with Crippen LogP contribution in [0.25, 0.3) is 0 Å². The number of aryl methyl sites for hydroxylation is 2. The Balaban J connectivity index is 1.76. The standard InChI is InChI=1S/C19H20N2O2/c1-3-14-6-8-15(9-7-14)20-17-12-18(22)21(19(17)23)16-10-4-13(2)5-11-16/h4-11,17,20H,3,12H2,1-2H3/t17-/m0/s1. The molecule has 1 heterocycles. The Kier molecular flexibility index (Phi) is 4.15. The summed E-state index contributed by atoms with van der Waals surface area (Å²) in [5.41, 5.74) is 3.83. The van der Waals surface area contributed by atoms with E-state index in [2.05, 4.69) is 12.2 Å². The Hall–Kier alpha value is -2.62. The van der Waals surface area contributed by atoms with Gasteiger partial charge in [-0.05, 0) is 43.2 Å². The highest BCUT2D eigenvalue weighted by atomic mass is 16.2. The molecule has 0 bridgehead atoms. The average molecular weight is 308 g/mol. The Labute approximate surface area is 136 Å². The first-order valence-electron chi connectivity index (χ1n) is 7.87. The van der Waals surface area contributed by atoms with Gasteiger partial charge in [0.15, 0.2) is 0 Å². The molecule has 118 valence electrons. The van der Waals surface area contributed by atoms with Gasteiger partial charge in [-0.25, -0.2) is 4.90 Å². The minimum Gasteiger partial charge on any atom is -0.373 e. The van der Waals surface area contributed by atoms with Crippen molar-refractivity contribution >= 4 is 23.2 Å². The highest BCUT2D eigenvalue weighted by molar-refractivity contribution is 6.23. The topological polar surface area (TPSA) is 49.4 Å². The molecule has 2 aromatic carbocycles. The van der Waals surface area contributed by atoms with Crippen molar-refractivity contribution in [3.63, 3.8) is 0 Å². The molecule has 1 atom stereocenters. The van der Waals surface area contributed by atoms with Crippen LogP contribution in [0, 0.1) is 6.92 Å². The number of amides is 2. The number of rotatable bonds is 4. The quantitative estimate of drug-likeness (QED) is 0.882. The number of hydrogen-bond donors (Lipinski definition) is 1. The number of hydrogen-bond acceptors (Lipinski definition) is 3. The zero-order chi connectivity index (χ0) is 16.4. The molecule has 2 amide bonds. The van der Waals surface area contributed by atoms with Gasteiger partial charge in [0.1, 0.15) is 6.04 Å². The lowest BCUT2D eigenvalue weighted by atomic mass is 10.1. The van der Waals surface area contributed by atoms with Crippen molar-refractivity contribution in [2.24, 2.45) is 0 Å². The van der Waals surface area contributed by atoms with E-state index >= 15 is 0 Å². The van der Waals surface area contributed by atoms with Crippen molar-refractivity contribution in [2.45, 2.75) is 32.7 Å². The van der Waals surface area contributed by atoms with Gasteiger partial charge in [0.25, 0.3) is 5.91 Å². The number of carbonyl (C=O) groups is 2. The zero-order valence-electron chi connectivity index (χ0n) is 13.4. The van der Waals surface area contributed by atoms with Crippen molar-refractivity contribution in [1.29, 1.82) is 0 Å². The maximum atomic E-state index is 12.6. The molecule has 1 fully saturated rings. The fraction of sp³-hybridized carbons (Fsp3) is 0.263. The first-order chi connectivity index (χ1) is 11.1. The van der Waals surface area contributed by atoms with Gasteiger partial charge in [-0.3, -0.25) is 9.59 Å². The van der Waals surface area contributed by atoms with E-state index in [-0.39, 0.29) is 18.2 Å². The van der Waals surface area contributed by atoms with E-state index in [4.69, 9.17) is 0 Å². The third-order valence-corrected chi connectivity index (χ3v) is 4.14. The smallest absolute Gasteiger partial charge is 0.256 e. The van der Waals surface area contributed by atoms with Crippen LogP contribution in [-0.4, -0.2) is 17.9 Å². The van der Waals surface area contributed by atoms with Crippen LogP contribution in [0.2, 0.25) is 0 Å². The van der Waals surface area contributed by atoms with Crippen LogP contribution in [-0.2, 0) is 16.0 Å². The summed E-state index contributed by atoms with van der Waals surface area (Å²) in [4.78, 5) is 26.1. The average Bonchev–Trinajstić information content (AvgIpc) is 2.83. The Morgan fingerprint density at radius 1 is 1.04 bits per heavy atom. The van der Waals surface area contributed by atoms with Crippen LogP contribution in [0.1, 0.15) is 24.5 Å². The highest BCUT2D eigenvalue weighted by Gasteiger charge is 2.39. The van der Waals surface area contributed by atoms with E-state index in [9.17, 15) is 9.59 Å². The van der Waals surface area contributed by atoms with Crippen LogP contribution in [0.5, 0.6) is 0 Å². The monoisotopic (exact) mass is 308 g/mol. The summed E-state index contributed by atoms with van der Waals surface area (Å²) in [7, 11) is 0. The molecule has 3 rings (SSSR count). The van der Waals surface area contributed by atoms with Crippen molar-refractivity contribution < 1.29 is 9.59 Å². The summed E-state index contributed by atoms with van der Waals surface area (Å²) in [5, 5.41) is 3.17. The second kappa shape index (κ2) is 6.24. The van der Waals surface area contributed by atoms with Gasteiger partial charge in [-0.15, -0.1) is 0 Å². The lowest BCUT2D eigenvalue weighted by molar-refractivity contribution is -0.121. The van der Waals surface area contributed by atoms with E-state index < -0.39 is 6.04 Å². The summed E-state index contributed by atoms with van der Waals surface area (Å²) >= 11 is 0. The van der Waals surface area contributed by atoms with E-state index in [0.29, 0.717) is 5.69 Å². The van der Waals surface area contributed by atoms with Gasteiger partial charge in [0.05, 0.1) is 12.1 Å². The Morgan fingerprint density at radius 2 is 1.70 bits per heavy atom. The molecule has 0 aromatic heterocycles. The van der Waals surface area contributed by atoms with Crippen molar-refractivity contribution in [3.8, 4) is 0 Å². The van der Waals surface area contributed by atoms with Gasteiger partial charge in [0.2, 0.25) is 5.91 Å². The molecule has 1 saturated heterocycles.